The van der Waals surface area contributed by atoms with Crippen molar-refractivity contribution in [2.24, 2.45) is 0 Å². The molecule has 0 radical (unpaired) electrons. The van der Waals surface area contributed by atoms with Crippen LogP contribution in [0.4, 0.5) is 0 Å². The second kappa shape index (κ2) is 7.58. The van der Waals surface area contributed by atoms with Gasteiger partial charge < -0.3 is 15.7 Å². The van der Waals surface area contributed by atoms with E-state index < -0.39 is 5.97 Å². The Morgan fingerprint density at radius 1 is 1.06 bits per heavy atom. The molecule has 0 unspecified atom stereocenters. The second-order valence-electron chi connectivity index (χ2n) is 4.07. The molecule has 0 aliphatic carbocycles. The van der Waals surface area contributed by atoms with E-state index in [9.17, 15) is 9.59 Å². The highest BCUT2D eigenvalue weighted by molar-refractivity contribution is 5.77. The number of hydrogen-bond acceptors (Lipinski definition) is 4. The minimum absolute atomic E-state index is 0.0603. The first-order valence-corrected chi connectivity index (χ1v) is 5.79. The number of carboxylic acids is 1. The van der Waals surface area contributed by atoms with Crippen LogP contribution in [0.3, 0.4) is 0 Å². The van der Waals surface area contributed by atoms with Crippen molar-refractivity contribution in [1.82, 2.24) is 10.6 Å². The lowest BCUT2D eigenvalue weighted by atomic mass is 10.1. The Hall–Kier alpha value is -1.72. The highest BCUT2D eigenvalue weighted by Gasteiger charge is 2.03. The van der Waals surface area contributed by atoms with E-state index >= 15 is 0 Å². The van der Waals surface area contributed by atoms with Gasteiger partial charge in [-0.2, -0.15) is 0 Å². The number of ketones is 1. The molecule has 5 heteroatoms. The van der Waals surface area contributed by atoms with Crippen LogP contribution in [-0.2, 0) is 22.7 Å². The van der Waals surface area contributed by atoms with Crippen LogP contribution in [-0.4, -0.2) is 29.9 Å². The number of aliphatic carboxylic acids is 1. The molecule has 98 valence electrons. The third-order valence-corrected chi connectivity index (χ3v) is 2.40. The van der Waals surface area contributed by atoms with Gasteiger partial charge in [0.15, 0.2) is 0 Å². The zero-order chi connectivity index (χ0) is 13.4. The van der Waals surface area contributed by atoms with Crippen LogP contribution in [0.5, 0.6) is 0 Å². The molecule has 0 spiro atoms. The molecular weight excluding hydrogens is 232 g/mol. The highest BCUT2D eigenvalue weighted by atomic mass is 16.4. The third-order valence-electron chi connectivity index (χ3n) is 2.40. The first kappa shape index (κ1) is 14.3. The van der Waals surface area contributed by atoms with Gasteiger partial charge in [-0.25, -0.2) is 0 Å². The van der Waals surface area contributed by atoms with Gasteiger partial charge in [-0.05, 0) is 18.1 Å². The normalized spacial score (nSPS) is 10.3. The van der Waals surface area contributed by atoms with Gasteiger partial charge in [0.05, 0.1) is 13.1 Å². The van der Waals surface area contributed by atoms with Gasteiger partial charge in [0, 0.05) is 13.1 Å². The van der Waals surface area contributed by atoms with Crippen molar-refractivity contribution >= 4 is 11.8 Å². The van der Waals surface area contributed by atoms with Gasteiger partial charge in [0.2, 0.25) is 0 Å². The maximum absolute atomic E-state index is 10.8. The molecule has 5 nitrogen and oxygen atoms in total. The lowest BCUT2D eigenvalue weighted by molar-refractivity contribution is -0.136. The highest BCUT2D eigenvalue weighted by Crippen LogP contribution is 2.08. The van der Waals surface area contributed by atoms with E-state index in [0.717, 1.165) is 11.1 Å². The Labute approximate surface area is 106 Å². The van der Waals surface area contributed by atoms with E-state index in [1.807, 2.05) is 24.3 Å². The molecule has 0 amide bonds. The Balaban J connectivity index is 2.50. The summed E-state index contributed by atoms with van der Waals surface area (Å²) >= 11 is 0. The molecule has 0 saturated carbocycles. The lowest BCUT2D eigenvalue weighted by Gasteiger charge is -2.10. The molecule has 0 saturated heterocycles. The summed E-state index contributed by atoms with van der Waals surface area (Å²) in [5.41, 5.74) is 2.10. The van der Waals surface area contributed by atoms with Gasteiger partial charge in [-0.15, -0.1) is 0 Å². The van der Waals surface area contributed by atoms with Gasteiger partial charge in [-0.3, -0.25) is 9.59 Å². The fourth-order valence-electron chi connectivity index (χ4n) is 1.58. The van der Waals surface area contributed by atoms with Gasteiger partial charge in [0.1, 0.15) is 5.78 Å². The number of carbonyl (C=O) groups excluding carboxylic acids is 1. The van der Waals surface area contributed by atoms with E-state index in [0.29, 0.717) is 19.6 Å². The van der Waals surface area contributed by atoms with E-state index in [-0.39, 0.29) is 12.3 Å². The Morgan fingerprint density at radius 2 is 1.56 bits per heavy atom. The van der Waals surface area contributed by atoms with E-state index in [1.54, 1.807) is 0 Å². The van der Waals surface area contributed by atoms with E-state index in [4.69, 9.17) is 5.11 Å². The zero-order valence-electron chi connectivity index (χ0n) is 10.4. The molecule has 0 atom stereocenters. The average Bonchev–Trinajstić information content (AvgIpc) is 2.30. The summed E-state index contributed by atoms with van der Waals surface area (Å²) in [6, 6.07) is 7.74. The van der Waals surface area contributed by atoms with E-state index in [2.05, 4.69) is 10.6 Å². The van der Waals surface area contributed by atoms with Crippen molar-refractivity contribution in [1.29, 1.82) is 0 Å². The fourth-order valence-corrected chi connectivity index (χ4v) is 1.58. The summed E-state index contributed by atoms with van der Waals surface area (Å²) in [6.07, 6.45) is 0. The van der Waals surface area contributed by atoms with E-state index in [1.165, 1.54) is 6.92 Å². The van der Waals surface area contributed by atoms with Crippen LogP contribution in [0, 0.1) is 0 Å². The molecule has 0 aromatic heterocycles. The predicted molar refractivity (Wildman–Crippen MR) is 68.2 cm³/mol. The number of carbonyl (C=O) groups is 2. The lowest BCUT2D eigenvalue weighted by Crippen LogP contribution is -2.24. The molecule has 0 aliphatic heterocycles. The quantitative estimate of drug-likeness (QED) is 0.627. The maximum Gasteiger partial charge on any atom is 0.317 e. The van der Waals surface area contributed by atoms with Crippen LogP contribution in [0.25, 0.3) is 0 Å². The molecule has 0 fully saturated rings. The minimum atomic E-state index is -0.873. The fraction of sp³-hybridized carbons (Fsp3) is 0.385. The number of benzene rings is 1. The number of Topliss-reactive ketones (excluding diaryl/α,β-unsaturated/α-hetero) is 1. The summed E-state index contributed by atoms with van der Waals surface area (Å²) in [5, 5.41) is 14.4. The van der Waals surface area contributed by atoms with Gasteiger partial charge >= 0.3 is 5.97 Å². The van der Waals surface area contributed by atoms with Crippen LogP contribution >= 0.6 is 0 Å². The molecule has 3 N–H and O–H groups in total. The maximum atomic E-state index is 10.8. The largest absolute Gasteiger partial charge is 0.480 e. The molecule has 18 heavy (non-hydrogen) atoms. The van der Waals surface area contributed by atoms with Crippen LogP contribution in [0.15, 0.2) is 24.3 Å². The minimum Gasteiger partial charge on any atom is -0.480 e. The number of carboxylic acid groups (broad SMARTS) is 1. The van der Waals surface area contributed by atoms with Crippen molar-refractivity contribution in [2.75, 3.05) is 13.1 Å². The first-order valence-electron chi connectivity index (χ1n) is 5.79. The standard InChI is InChI=1S/C13H18N2O3/c1-10(16)6-14-7-11-4-2-3-5-12(11)8-15-9-13(17)18/h2-5,14-15H,6-9H2,1H3,(H,17,18). The predicted octanol–water partition coefficient (Wildman–Crippen LogP) is 0.539. The summed E-state index contributed by atoms with van der Waals surface area (Å²) in [7, 11) is 0. The summed E-state index contributed by atoms with van der Waals surface area (Å²) < 4.78 is 0. The van der Waals surface area contributed by atoms with Crippen molar-refractivity contribution < 1.29 is 14.7 Å². The van der Waals surface area contributed by atoms with Gasteiger partial charge in [0.25, 0.3) is 0 Å². The summed E-state index contributed by atoms with van der Waals surface area (Å²) in [5.74, 6) is -0.779. The Kier molecular flexibility index (Phi) is 6.04. The smallest absolute Gasteiger partial charge is 0.317 e. The summed E-state index contributed by atoms with van der Waals surface area (Å²) in [6.45, 7) is 2.92. The zero-order valence-corrected chi connectivity index (χ0v) is 10.4. The number of nitrogens with one attached hydrogen (secondary N) is 2. The van der Waals surface area contributed by atoms with Crippen molar-refractivity contribution in [3.05, 3.63) is 35.4 Å². The van der Waals surface area contributed by atoms with Crippen molar-refractivity contribution in [3.8, 4) is 0 Å². The molecule has 0 heterocycles. The second-order valence-corrected chi connectivity index (χ2v) is 4.07. The average molecular weight is 250 g/mol. The SMILES string of the molecule is CC(=O)CNCc1ccccc1CNCC(=O)O. The third kappa shape index (κ3) is 5.56. The van der Waals surface area contributed by atoms with Crippen LogP contribution < -0.4 is 10.6 Å². The topological polar surface area (TPSA) is 78.4 Å². The molecule has 1 aromatic rings. The van der Waals surface area contributed by atoms with Gasteiger partial charge in [-0.1, -0.05) is 24.3 Å². The molecular formula is C13H18N2O3. The Bertz CT molecular complexity index is 379. The first-order chi connectivity index (χ1) is 8.59. The molecule has 1 aromatic carbocycles. The number of hydrogen-bond donors (Lipinski definition) is 3. The van der Waals surface area contributed by atoms with Crippen molar-refractivity contribution in [2.45, 2.75) is 20.0 Å². The number of rotatable bonds is 8. The molecule has 0 aliphatic rings. The van der Waals surface area contributed by atoms with Crippen molar-refractivity contribution in [3.63, 3.8) is 0 Å². The molecule has 0 bridgehead atoms. The monoisotopic (exact) mass is 250 g/mol. The summed E-state index contributed by atoms with van der Waals surface area (Å²) in [4.78, 5) is 21.2. The van der Waals surface area contributed by atoms with Crippen LogP contribution in [0.1, 0.15) is 18.1 Å². The molecule has 1 rings (SSSR count). The Morgan fingerprint density at radius 3 is 2.00 bits per heavy atom. The van der Waals surface area contributed by atoms with Crippen LogP contribution in [0.2, 0.25) is 0 Å².